The van der Waals surface area contributed by atoms with Crippen molar-refractivity contribution >= 4 is 28.4 Å². The third-order valence-electron chi connectivity index (χ3n) is 2.85. The Bertz CT molecular complexity index is 652. The zero-order valence-electron chi connectivity index (χ0n) is 11.9. The van der Waals surface area contributed by atoms with Crippen molar-refractivity contribution in [3.8, 4) is 17.1 Å². The van der Waals surface area contributed by atoms with Gasteiger partial charge in [-0.25, -0.2) is 14.4 Å². The molecule has 2 rings (SSSR count). The monoisotopic (exact) mass is 403 g/mol. The molecule has 0 saturated heterocycles. The van der Waals surface area contributed by atoms with Gasteiger partial charge in [0.1, 0.15) is 5.82 Å². The molecule has 0 amide bonds. The molecule has 21 heavy (non-hydrogen) atoms. The third kappa shape index (κ3) is 3.41. The van der Waals surface area contributed by atoms with Crippen LogP contribution in [0.25, 0.3) is 11.4 Å². The molecule has 0 aliphatic carbocycles. The molecular weight excluding hydrogens is 388 g/mol. The van der Waals surface area contributed by atoms with E-state index in [4.69, 9.17) is 9.47 Å². The second-order valence-corrected chi connectivity index (χ2v) is 5.27. The SMILES string of the molecule is CNc1nc(-c2ccc(F)c(OC)c2)nc(COC)c1I. The van der Waals surface area contributed by atoms with E-state index in [2.05, 4.69) is 37.9 Å². The Labute approximate surface area is 136 Å². The lowest BCUT2D eigenvalue weighted by Crippen LogP contribution is -2.06. The highest BCUT2D eigenvalue weighted by Crippen LogP contribution is 2.27. The van der Waals surface area contributed by atoms with Crippen LogP contribution in [0.15, 0.2) is 18.2 Å². The number of hydrogen-bond donors (Lipinski definition) is 1. The van der Waals surface area contributed by atoms with Gasteiger partial charge in [-0.05, 0) is 40.8 Å². The molecule has 112 valence electrons. The summed E-state index contributed by atoms with van der Waals surface area (Å²) in [6, 6.07) is 4.54. The molecular formula is C14H15FIN3O2. The Morgan fingerprint density at radius 2 is 2.05 bits per heavy atom. The van der Waals surface area contributed by atoms with Crippen LogP contribution >= 0.6 is 22.6 Å². The zero-order chi connectivity index (χ0) is 15.4. The number of hydrogen-bond acceptors (Lipinski definition) is 5. The summed E-state index contributed by atoms with van der Waals surface area (Å²) in [6.07, 6.45) is 0. The second-order valence-electron chi connectivity index (χ2n) is 4.19. The molecule has 0 atom stereocenters. The van der Waals surface area contributed by atoms with Crippen molar-refractivity contribution in [1.29, 1.82) is 0 Å². The summed E-state index contributed by atoms with van der Waals surface area (Å²) in [5.74, 6) is 0.938. The van der Waals surface area contributed by atoms with Gasteiger partial charge in [-0.2, -0.15) is 0 Å². The number of benzene rings is 1. The van der Waals surface area contributed by atoms with Crippen molar-refractivity contribution in [2.24, 2.45) is 0 Å². The Morgan fingerprint density at radius 3 is 2.67 bits per heavy atom. The number of halogens is 2. The fourth-order valence-corrected chi connectivity index (χ4v) is 2.49. The number of aromatic nitrogens is 2. The molecule has 1 N–H and O–H groups in total. The molecule has 0 aliphatic rings. The average molecular weight is 403 g/mol. The van der Waals surface area contributed by atoms with Crippen LogP contribution in [0.2, 0.25) is 0 Å². The molecule has 2 aromatic rings. The van der Waals surface area contributed by atoms with Crippen molar-refractivity contribution in [2.75, 3.05) is 26.6 Å². The van der Waals surface area contributed by atoms with Crippen molar-refractivity contribution in [3.63, 3.8) is 0 Å². The molecule has 0 radical (unpaired) electrons. The second kappa shape index (κ2) is 6.99. The average Bonchev–Trinajstić information content (AvgIpc) is 2.50. The quantitative estimate of drug-likeness (QED) is 0.778. The van der Waals surface area contributed by atoms with E-state index in [1.165, 1.54) is 13.2 Å². The third-order valence-corrected chi connectivity index (χ3v) is 3.98. The van der Waals surface area contributed by atoms with Gasteiger partial charge >= 0.3 is 0 Å². The van der Waals surface area contributed by atoms with Crippen molar-refractivity contribution < 1.29 is 13.9 Å². The van der Waals surface area contributed by atoms with Crippen molar-refractivity contribution in [1.82, 2.24) is 9.97 Å². The van der Waals surface area contributed by atoms with Gasteiger partial charge in [-0.3, -0.25) is 0 Å². The molecule has 0 saturated carbocycles. The van der Waals surface area contributed by atoms with E-state index in [0.29, 0.717) is 23.8 Å². The summed E-state index contributed by atoms with van der Waals surface area (Å²) in [5, 5.41) is 3.02. The van der Waals surface area contributed by atoms with Crippen LogP contribution in [0, 0.1) is 9.39 Å². The predicted molar refractivity (Wildman–Crippen MR) is 87.0 cm³/mol. The highest BCUT2D eigenvalue weighted by Gasteiger charge is 2.14. The van der Waals surface area contributed by atoms with E-state index in [1.54, 1.807) is 26.3 Å². The van der Waals surface area contributed by atoms with Gasteiger partial charge in [-0.15, -0.1) is 0 Å². The van der Waals surface area contributed by atoms with E-state index >= 15 is 0 Å². The van der Waals surface area contributed by atoms with Gasteiger partial charge < -0.3 is 14.8 Å². The topological polar surface area (TPSA) is 56.3 Å². The Balaban J connectivity index is 2.55. The van der Waals surface area contributed by atoms with Gasteiger partial charge in [0.25, 0.3) is 0 Å². The lowest BCUT2D eigenvalue weighted by molar-refractivity contribution is 0.181. The smallest absolute Gasteiger partial charge is 0.165 e. The summed E-state index contributed by atoms with van der Waals surface area (Å²) in [7, 11) is 4.82. The summed E-state index contributed by atoms with van der Waals surface area (Å²) < 4.78 is 24.5. The van der Waals surface area contributed by atoms with E-state index in [9.17, 15) is 4.39 Å². The standard InChI is InChI=1S/C14H15FIN3O2/c1-17-14-12(16)10(7-20-2)18-13(19-14)8-4-5-9(15)11(6-8)21-3/h4-6H,7H2,1-3H3,(H,17,18,19). The number of nitrogens with zero attached hydrogens (tertiary/aromatic N) is 2. The van der Waals surface area contributed by atoms with E-state index < -0.39 is 5.82 Å². The van der Waals surface area contributed by atoms with Gasteiger partial charge in [0.15, 0.2) is 17.4 Å². The highest BCUT2D eigenvalue weighted by molar-refractivity contribution is 14.1. The van der Waals surface area contributed by atoms with Crippen LogP contribution in [0.5, 0.6) is 5.75 Å². The predicted octanol–water partition coefficient (Wildman–Crippen LogP) is 3.08. The number of anilines is 1. The first-order valence-corrected chi connectivity index (χ1v) is 7.25. The lowest BCUT2D eigenvalue weighted by atomic mass is 10.2. The van der Waals surface area contributed by atoms with Crippen LogP contribution in [-0.2, 0) is 11.3 Å². The lowest BCUT2D eigenvalue weighted by Gasteiger charge is -2.11. The number of nitrogens with one attached hydrogen (secondary N) is 1. The van der Waals surface area contributed by atoms with E-state index in [1.807, 2.05) is 0 Å². The van der Waals surface area contributed by atoms with Gasteiger partial charge in [0.05, 0.1) is 23.0 Å². The normalized spacial score (nSPS) is 10.5. The Kier molecular flexibility index (Phi) is 5.29. The molecule has 0 unspecified atom stereocenters. The maximum absolute atomic E-state index is 13.5. The maximum Gasteiger partial charge on any atom is 0.165 e. The summed E-state index contributed by atoms with van der Waals surface area (Å²) in [6.45, 7) is 0.376. The highest BCUT2D eigenvalue weighted by atomic mass is 127. The minimum atomic E-state index is -0.419. The fraction of sp³-hybridized carbons (Fsp3) is 0.286. The molecule has 1 aromatic carbocycles. The van der Waals surface area contributed by atoms with Gasteiger partial charge in [0.2, 0.25) is 0 Å². The molecule has 1 aromatic heterocycles. The van der Waals surface area contributed by atoms with Crippen molar-refractivity contribution in [3.05, 3.63) is 33.3 Å². The molecule has 0 aliphatic heterocycles. The molecule has 1 heterocycles. The molecule has 5 nitrogen and oxygen atoms in total. The molecule has 7 heteroatoms. The van der Waals surface area contributed by atoms with Crippen LogP contribution < -0.4 is 10.1 Å². The van der Waals surface area contributed by atoms with Crippen LogP contribution in [-0.4, -0.2) is 31.2 Å². The van der Waals surface area contributed by atoms with E-state index in [-0.39, 0.29) is 5.75 Å². The van der Waals surface area contributed by atoms with Crippen LogP contribution in [0.3, 0.4) is 0 Å². The van der Waals surface area contributed by atoms with E-state index in [0.717, 1.165) is 9.26 Å². The van der Waals surface area contributed by atoms with Crippen LogP contribution in [0.1, 0.15) is 5.69 Å². The molecule has 0 spiro atoms. The summed E-state index contributed by atoms with van der Waals surface area (Å²) >= 11 is 2.17. The Hall–Kier alpha value is -1.48. The fourth-order valence-electron chi connectivity index (χ4n) is 1.82. The minimum absolute atomic E-state index is 0.161. The summed E-state index contributed by atoms with van der Waals surface area (Å²) in [5.41, 5.74) is 1.45. The largest absolute Gasteiger partial charge is 0.494 e. The molecule has 0 fully saturated rings. The van der Waals surface area contributed by atoms with Crippen molar-refractivity contribution in [2.45, 2.75) is 6.61 Å². The number of methoxy groups -OCH3 is 2. The first kappa shape index (κ1) is 15.9. The first-order chi connectivity index (χ1) is 10.1. The number of rotatable bonds is 5. The Morgan fingerprint density at radius 1 is 1.29 bits per heavy atom. The van der Waals surface area contributed by atoms with Gasteiger partial charge in [0, 0.05) is 19.7 Å². The summed E-state index contributed by atoms with van der Waals surface area (Å²) in [4.78, 5) is 8.93. The van der Waals surface area contributed by atoms with Crippen LogP contribution in [0.4, 0.5) is 10.2 Å². The zero-order valence-corrected chi connectivity index (χ0v) is 14.1. The first-order valence-electron chi connectivity index (χ1n) is 6.17. The number of ether oxygens (including phenoxy) is 2. The minimum Gasteiger partial charge on any atom is -0.494 e. The maximum atomic E-state index is 13.5. The van der Waals surface area contributed by atoms with Gasteiger partial charge in [-0.1, -0.05) is 0 Å². The molecule has 0 bridgehead atoms.